The van der Waals surface area contributed by atoms with E-state index in [4.69, 9.17) is 0 Å². The molecule has 0 radical (unpaired) electrons. The van der Waals surface area contributed by atoms with Gasteiger partial charge in [0.2, 0.25) is 0 Å². The van der Waals surface area contributed by atoms with E-state index in [1.165, 1.54) is 17.0 Å². The lowest BCUT2D eigenvalue weighted by atomic mass is 10.1. The Hall–Kier alpha value is -0.780. The zero-order valence-electron chi connectivity index (χ0n) is 12.0. The molecule has 1 N–H and O–H groups in total. The average Bonchev–Trinajstić information content (AvgIpc) is 2.67. The summed E-state index contributed by atoms with van der Waals surface area (Å²) in [7, 11) is 0. The molecule has 1 aromatic carbocycles. The molecule has 1 atom stereocenters. The third kappa shape index (κ3) is 3.45. The zero-order valence-corrected chi connectivity index (χ0v) is 14.4. The number of aryl methyl sites for hydroxylation is 2. The van der Waals surface area contributed by atoms with Crippen LogP contribution in [0.1, 0.15) is 41.0 Å². The van der Waals surface area contributed by atoms with Crippen LogP contribution in [0, 0.1) is 19.7 Å². The Kier molecular flexibility index (Phi) is 4.94. The van der Waals surface area contributed by atoms with Gasteiger partial charge in [0.1, 0.15) is 10.8 Å². The molecule has 0 aliphatic heterocycles. The van der Waals surface area contributed by atoms with Gasteiger partial charge in [-0.3, -0.25) is 0 Å². The molecule has 5 heteroatoms. The first-order valence-corrected chi connectivity index (χ1v) is 8.14. The van der Waals surface area contributed by atoms with E-state index in [-0.39, 0.29) is 11.9 Å². The summed E-state index contributed by atoms with van der Waals surface area (Å²) < 4.78 is 14.0. The molecule has 0 saturated carbocycles. The molecule has 0 aliphatic carbocycles. The quantitative estimate of drug-likeness (QED) is 0.854. The highest BCUT2D eigenvalue weighted by molar-refractivity contribution is 9.10. The number of aromatic nitrogens is 1. The van der Waals surface area contributed by atoms with E-state index >= 15 is 0 Å². The van der Waals surface area contributed by atoms with Gasteiger partial charge < -0.3 is 5.32 Å². The molecule has 0 spiro atoms. The van der Waals surface area contributed by atoms with Gasteiger partial charge in [0.05, 0.1) is 11.7 Å². The molecule has 2 aromatic rings. The summed E-state index contributed by atoms with van der Waals surface area (Å²) in [5.74, 6) is -0.240. The van der Waals surface area contributed by atoms with Crippen LogP contribution in [-0.2, 0) is 0 Å². The number of thiazole rings is 1. The molecule has 0 amide bonds. The molecule has 2 nitrogen and oxygen atoms in total. The van der Waals surface area contributed by atoms with Gasteiger partial charge in [0.15, 0.2) is 0 Å². The molecule has 1 aromatic heterocycles. The first kappa shape index (κ1) is 15.6. The maximum absolute atomic E-state index is 13.3. The Morgan fingerprint density at radius 3 is 2.50 bits per heavy atom. The van der Waals surface area contributed by atoms with Crippen molar-refractivity contribution >= 4 is 27.3 Å². The standard InChI is InChI=1S/C15H18BrFN2S/c1-8(2)18-14(15-19-9(3)10(4)20-15)12-6-5-11(17)7-13(12)16/h5-8,14,18H,1-4H3. The fraction of sp³-hybridized carbons (Fsp3) is 0.400. The van der Waals surface area contributed by atoms with Crippen molar-refractivity contribution in [3.05, 3.63) is 49.6 Å². The minimum Gasteiger partial charge on any atom is -0.302 e. The SMILES string of the molecule is Cc1nc(C(NC(C)C)c2ccc(F)cc2Br)sc1C. The van der Waals surface area contributed by atoms with Crippen LogP contribution < -0.4 is 5.32 Å². The highest BCUT2D eigenvalue weighted by Gasteiger charge is 2.21. The molecular weight excluding hydrogens is 339 g/mol. The fourth-order valence-corrected chi connectivity index (χ4v) is 3.57. The Balaban J connectivity index is 2.46. The van der Waals surface area contributed by atoms with Crippen LogP contribution in [0.2, 0.25) is 0 Å². The van der Waals surface area contributed by atoms with Crippen LogP contribution >= 0.6 is 27.3 Å². The highest BCUT2D eigenvalue weighted by atomic mass is 79.9. The second-order valence-corrected chi connectivity index (χ2v) is 7.20. The summed E-state index contributed by atoms with van der Waals surface area (Å²) >= 11 is 5.14. The number of rotatable bonds is 4. The first-order chi connectivity index (χ1) is 9.38. The van der Waals surface area contributed by atoms with Gasteiger partial charge in [-0.25, -0.2) is 9.37 Å². The summed E-state index contributed by atoms with van der Waals surface area (Å²) in [6.07, 6.45) is 0. The molecule has 0 fully saturated rings. The second kappa shape index (κ2) is 6.33. The predicted molar refractivity (Wildman–Crippen MR) is 85.8 cm³/mol. The van der Waals surface area contributed by atoms with Crippen molar-refractivity contribution in [3.63, 3.8) is 0 Å². The van der Waals surface area contributed by atoms with Crippen molar-refractivity contribution in [1.82, 2.24) is 10.3 Å². The van der Waals surface area contributed by atoms with Crippen LogP contribution in [0.15, 0.2) is 22.7 Å². The Bertz CT molecular complexity index is 590. The van der Waals surface area contributed by atoms with Crippen LogP contribution in [0.4, 0.5) is 4.39 Å². The second-order valence-electron chi connectivity index (χ2n) is 5.11. The topological polar surface area (TPSA) is 24.9 Å². The van der Waals surface area contributed by atoms with Gasteiger partial charge in [-0.2, -0.15) is 0 Å². The Morgan fingerprint density at radius 1 is 1.30 bits per heavy atom. The van der Waals surface area contributed by atoms with Crippen LogP contribution in [0.25, 0.3) is 0 Å². The number of nitrogens with zero attached hydrogens (tertiary/aromatic N) is 1. The molecule has 2 rings (SSSR count). The number of nitrogens with one attached hydrogen (secondary N) is 1. The number of hydrogen-bond acceptors (Lipinski definition) is 3. The maximum Gasteiger partial charge on any atom is 0.124 e. The van der Waals surface area contributed by atoms with Crippen molar-refractivity contribution < 1.29 is 4.39 Å². The first-order valence-electron chi connectivity index (χ1n) is 6.53. The van der Waals surface area contributed by atoms with E-state index < -0.39 is 0 Å². The molecule has 0 bridgehead atoms. The van der Waals surface area contributed by atoms with E-state index in [0.717, 1.165) is 20.7 Å². The van der Waals surface area contributed by atoms with Gasteiger partial charge in [0.25, 0.3) is 0 Å². The van der Waals surface area contributed by atoms with Crippen LogP contribution in [0.5, 0.6) is 0 Å². The van der Waals surface area contributed by atoms with Crippen molar-refractivity contribution in [2.75, 3.05) is 0 Å². The molecule has 0 saturated heterocycles. The Labute approximate surface area is 131 Å². The lowest BCUT2D eigenvalue weighted by Gasteiger charge is -2.21. The monoisotopic (exact) mass is 356 g/mol. The van der Waals surface area contributed by atoms with Crippen LogP contribution in [0.3, 0.4) is 0 Å². The fourth-order valence-electron chi connectivity index (χ4n) is 1.98. The maximum atomic E-state index is 13.3. The van der Waals surface area contributed by atoms with Gasteiger partial charge >= 0.3 is 0 Å². The van der Waals surface area contributed by atoms with Crippen LogP contribution in [-0.4, -0.2) is 11.0 Å². The van der Waals surface area contributed by atoms with Crippen molar-refractivity contribution in [3.8, 4) is 0 Å². The van der Waals surface area contributed by atoms with E-state index in [1.807, 2.05) is 13.0 Å². The molecule has 108 valence electrons. The summed E-state index contributed by atoms with van der Waals surface area (Å²) in [5, 5.41) is 4.52. The largest absolute Gasteiger partial charge is 0.302 e. The van der Waals surface area contributed by atoms with Gasteiger partial charge in [-0.05, 0) is 45.4 Å². The van der Waals surface area contributed by atoms with E-state index in [0.29, 0.717) is 6.04 Å². The normalized spacial score (nSPS) is 12.9. The summed E-state index contributed by atoms with van der Waals surface area (Å²) in [5.41, 5.74) is 2.06. The minimum atomic E-state index is -0.240. The van der Waals surface area contributed by atoms with Crippen molar-refractivity contribution in [2.45, 2.75) is 39.8 Å². The number of benzene rings is 1. The predicted octanol–water partition coefficient (Wildman–Crippen LogP) is 4.75. The smallest absolute Gasteiger partial charge is 0.124 e. The molecule has 1 heterocycles. The summed E-state index contributed by atoms with van der Waals surface area (Å²) in [6, 6.07) is 5.08. The third-order valence-corrected chi connectivity index (χ3v) is 4.89. The molecule has 20 heavy (non-hydrogen) atoms. The lowest BCUT2D eigenvalue weighted by molar-refractivity contribution is 0.524. The lowest BCUT2D eigenvalue weighted by Crippen LogP contribution is -2.29. The highest BCUT2D eigenvalue weighted by Crippen LogP contribution is 2.32. The average molecular weight is 357 g/mol. The van der Waals surface area contributed by atoms with Crippen molar-refractivity contribution in [2.24, 2.45) is 0 Å². The van der Waals surface area contributed by atoms with Gasteiger partial charge in [0, 0.05) is 15.4 Å². The van der Waals surface area contributed by atoms with Gasteiger partial charge in [-0.15, -0.1) is 11.3 Å². The van der Waals surface area contributed by atoms with Crippen molar-refractivity contribution in [1.29, 1.82) is 0 Å². The minimum absolute atomic E-state index is 0.0256. The summed E-state index contributed by atoms with van der Waals surface area (Å²) in [4.78, 5) is 5.86. The molecule has 0 aliphatic rings. The number of halogens is 2. The number of hydrogen-bond donors (Lipinski definition) is 1. The summed E-state index contributed by atoms with van der Waals surface area (Å²) in [6.45, 7) is 8.28. The van der Waals surface area contributed by atoms with E-state index in [1.54, 1.807) is 11.3 Å². The zero-order chi connectivity index (χ0) is 14.9. The Morgan fingerprint density at radius 2 is 2.00 bits per heavy atom. The van der Waals surface area contributed by atoms with E-state index in [2.05, 4.69) is 47.0 Å². The van der Waals surface area contributed by atoms with E-state index in [9.17, 15) is 4.39 Å². The molecular formula is C15H18BrFN2S. The molecule has 1 unspecified atom stereocenters. The van der Waals surface area contributed by atoms with Gasteiger partial charge in [-0.1, -0.05) is 22.0 Å². The third-order valence-electron chi connectivity index (χ3n) is 3.07.